The van der Waals surface area contributed by atoms with Crippen molar-refractivity contribution in [2.75, 3.05) is 11.9 Å². The van der Waals surface area contributed by atoms with E-state index in [2.05, 4.69) is 5.32 Å². The van der Waals surface area contributed by atoms with E-state index in [0.717, 1.165) is 25.7 Å². The fraction of sp³-hybridized carbons (Fsp3) is 0.500. The van der Waals surface area contributed by atoms with E-state index in [0.29, 0.717) is 12.2 Å². The second kappa shape index (κ2) is 6.35. The normalized spacial score (nSPS) is 23.1. The molecular formula is C14H18ClFN2O. The summed E-state index contributed by atoms with van der Waals surface area (Å²) in [5.74, 6) is -0.446. The highest BCUT2D eigenvalue weighted by atomic mass is 35.5. The number of carbonyl (C=O) groups is 1. The van der Waals surface area contributed by atoms with Crippen LogP contribution in [0.3, 0.4) is 0 Å². The zero-order chi connectivity index (χ0) is 13.8. The lowest BCUT2D eigenvalue weighted by Crippen LogP contribution is -2.35. The Morgan fingerprint density at radius 1 is 1.42 bits per heavy atom. The van der Waals surface area contributed by atoms with Crippen molar-refractivity contribution in [2.24, 2.45) is 17.6 Å². The van der Waals surface area contributed by atoms with Crippen LogP contribution in [0.15, 0.2) is 18.2 Å². The van der Waals surface area contributed by atoms with Crippen molar-refractivity contribution >= 4 is 23.2 Å². The van der Waals surface area contributed by atoms with Gasteiger partial charge in [-0.1, -0.05) is 24.4 Å². The maximum absolute atomic E-state index is 13.3. The summed E-state index contributed by atoms with van der Waals surface area (Å²) in [6.45, 7) is 0.521. The van der Waals surface area contributed by atoms with Crippen molar-refractivity contribution in [2.45, 2.75) is 25.7 Å². The third kappa shape index (κ3) is 3.45. The second-order valence-electron chi connectivity index (χ2n) is 5.00. The first-order valence-electron chi connectivity index (χ1n) is 6.58. The highest BCUT2D eigenvalue weighted by molar-refractivity contribution is 6.30. The lowest BCUT2D eigenvalue weighted by molar-refractivity contribution is -0.122. The molecule has 1 amide bonds. The monoisotopic (exact) mass is 284 g/mol. The van der Waals surface area contributed by atoms with Crippen LogP contribution in [0.2, 0.25) is 5.02 Å². The Bertz CT molecular complexity index is 467. The van der Waals surface area contributed by atoms with Gasteiger partial charge in [0, 0.05) is 11.6 Å². The number of nitrogens with one attached hydrogen (secondary N) is 1. The molecule has 3 N–H and O–H groups in total. The van der Waals surface area contributed by atoms with Crippen LogP contribution in [0.4, 0.5) is 10.1 Å². The topological polar surface area (TPSA) is 55.1 Å². The van der Waals surface area contributed by atoms with Crippen molar-refractivity contribution in [3.63, 3.8) is 0 Å². The zero-order valence-corrected chi connectivity index (χ0v) is 11.4. The average Bonchev–Trinajstić information content (AvgIpc) is 2.43. The van der Waals surface area contributed by atoms with Crippen molar-refractivity contribution in [3.8, 4) is 0 Å². The van der Waals surface area contributed by atoms with E-state index >= 15 is 0 Å². The van der Waals surface area contributed by atoms with Gasteiger partial charge in [-0.15, -0.1) is 0 Å². The fourth-order valence-electron chi connectivity index (χ4n) is 2.64. The highest BCUT2D eigenvalue weighted by Gasteiger charge is 2.29. The second-order valence-corrected chi connectivity index (χ2v) is 5.41. The summed E-state index contributed by atoms with van der Waals surface area (Å²) in [7, 11) is 0. The molecule has 0 bridgehead atoms. The number of halogens is 2. The van der Waals surface area contributed by atoms with Gasteiger partial charge in [-0.05, 0) is 43.5 Å². The molecule has 0 aromatic heterocycles. The minimum absolute atomic E-state index is 0.0514. The van der Waals surface area contributed by atoms with Gasteiger partial charge in [-0.3, -0.25) is 4.79 Å². The van der Waals surface area contributed by atoms with Crippen molar-refractivity contribution in [1.82, 2.24) is 0 Å². The van der Waals surface area contributed by atoms with E-state index in [9.17, 15) is 9.18 Å². The molecule has 2 atom stereocenters. The van der Waals surface area contributed by atoms with Gasteiger partial charge in [0.25, 0.3) is 0 Å². The van der Waals surface area contributed by atoms with Gasteiger partial charge in [-0.25, -0.2) is 4.39 Å². The molecule has 2 rings (SSSR count). The highest BCUT2D eigenvalue weighted by Crippen LogP contribution is 2.30. The first kappa shape index (κ1) is 14.3. The third-order valence-electron chi connectivity index (χ3n) is 3.74. The SMILES string of the molecule is NCC1CCCCC1C(=O)Nc1ccc(Cl)c(F)c1. The fourth-order valence-corrected chi connectivity index (χ4v) is 2.76. The molecule has 19 heavy (non-hydrogen) atoms. The molecule has 104 valence electrons. The summed E-state index contributed by atoms with van der Waals surface area (Å²) in [6.07, 6.45) is 4.01. The van der Waals surface area contributed by atoms with E-state index in [1.165, 1.54) is 12.1 Å². The number of hydrogen-bond acceptors (Lipinski definition) is 2. The van der Waals surface area contributed by atoms with Crippen LogP contribution in [-0.2, 0) is 4.79 Å². The van der Waals surface area contributed by atoms with Crippen LogP contribution in [0.1, 0.15) is 25.7 Å². The first-order valence-corrected chi connectivity index (χ1v) is 6.95. The van der Waals surface area contributed by atoms with Crippen LogP contribution < -0.4 is 11.1 Å². The quantitative estimate of drug-likeness (QED) is 0.896. The molecule has 1 fully saturated rings. The van der Waals surface area contributed by atoms with Gasteiger partial charge in [0.15, 0.2) is 0 Å². The Labute approximate surface area is 117 Å². The van der Waals surface area contributed by atoms with Gasteiger partial charge < -0.3 is 11.1 Å². The van der Waals surface area contributed by atoms with E-state index in [4.69, 9.17) is 17.3 Å². The Balaban J connectivity index is 2.05. The Kier molecular flexibility index (Phi) is 4.77. The van der Waals surface area contributed by atoms with Crippen LogP contribution in [-0.4, -0.2) is 12.5 Å². The molecule has 3 nitrogen and oxygen atoms in total. The van der Waals surface area contributed by atoms with Crippen LogP contribution in [0.25, 0.3) is 0 Å². The summed E-state index contributed by atoms with van der Waals surface area (Å²) in [6, 6.07) is 4.28. The number of rotatable bonds is 3. The van der Waals surface area contributed by atoms with E-state index in [1.54, 1.807) is 6.07 Å². The molecule has 0 radical (unpaired) electrons. The molecule has 2 unspecified atom stereocenters. The molecule has 0 spiro atoms. The van der Waals surface area contributed by atoms with E-state index in [-0.39, 0.29) is 22.8 Å². The van der Waals surface area contributed by atoms with Crippen molar-refractivity contribution in [3.05, 3.63) is 29.0 Å². The molecule has 1 aliphatic rings. The summed E-state index contributed by atoms with van der Waals surface area (Å²) in [4.78, 5) is 12.2. The van der Waals surface area contributed by atoms with Gasteiger partial charge in [0.1, 0.15) is 5.82 Å². The van der Waals surface area contributed by atoms with Gasteiger partial charge in [-0.2, -0.15) is 0 Å². The van der Waals surface area contributed by atoms with Crippen LogP contribution in [0, 0.1) is 17.7 Å². The zero-order valence-electron chi connectivity index (χ0n) is 10.7. The largest absolute Gasteiger partial charge is 0.330 e. The number of amides is 1. The molecule has 1 saturated carbocycles. The Morgan fingerprint density at radius 3 is 2.84 bits per heavy atom. The van der Waals surface area contributed by atoms with Crippen molar-refractivity contribution in [1.29, 1.82) is 0 Å². The summed E-state index contributed by atoms with van der Waals surface area (Å²) in [5, 5.41) is 2.80. The summed E-state index contributed by atoms with van der Waals surface area (Å²) >= 11 is 5.61. The number of hydrogen-bond donors (Lipinski definition) is 2. The van der Waals surface area contributed by atoms with Gasteiger partial charge >= 0.3 is 0 Å². The predicted molar refractivity (Wildman–Crippen MR) is 74.5 cm³/mol. The standard InChI is InChI=1S/C14H18ClFN2O/c15-12-6-5-10(7-13(12)16)18-14(19)11-4-2-1-3-9(11)8-17/h5-7,9,11H,1-4,8,17H2,(H,18,19). The lowest BCUT2D eigenvalue weighted by atomic mass is 9.78. The molecule has 0 aliphatic heterocycles. The Morgan fingerprint density at radius 2 is 2.16 bits per heavy atom. The van der Waals surface area contributed by atoms with E-state index in [1.807, 2.05) is 0 Å². The van der Waals surface area contributed by atoms with Crippen LogP contribution in [0.5, 0.6) is 0 Å². The van der Waals surface area contributed by atoms with Crippen LogP contribution >= 0.6 is 11.6 Å². The predicted octanol–water partition coefficient (Wildman–Crippen LogP) is 3.18. The first-order chi connectivity index (χ1) is 9.11. The number of anilines is 1. The summed E-state index contributed by atoms with van der Waals surface area (Å²) < 4.78 is 13.3. The van der Waals surface area contributed by atoms with Gasteiger partial charge in [0.2, 0.25) is 5.91 Å². The Hall–Kier alpha value is -1.13. The molecule has 0 saturated heterocycles. The van der Waals surface area contributed by atoms with Crippen molar-refractivity contribution < 1.29 is 9.18 Å². The summed E-state index contributed by atoms with van der Waals surface area (Å²) in [5.41, 5.74) is 6.15. The van der Waals surface area contributed by atoms with Gasteiger partial charge in [0.05, 0.1) is 5.02 Å². The molecular weight excluding hydrogens is 267 g/mol. The molecule has 1 aromatic carbocycles. The average molecular weight is 285 g/mol. The number of nitrogens with two attached hydrogens (primary N) is 1. The third-order valence-corrected chi connectivity index (χ3v) is 4.04. The minimum Gasteiger partial charge on any atom is -0.330 e. The molecule has 0 heterocycles. The maximum atomic E-state index is 13.3. The lowest BCUT2D eigenvalue weighted by Gasteiger charge is -2.29. The number of benzene rings is 1. The minimum atomic E-state index is -0.529. The maximum Gasteiger partial charge on any atom is 0.227 e. The molecule has 5 heteroatoms. The molecule has 1 aliphatic carbocycles. The molecule has 1 aromatic rings. The number of carbonyl (C=O) groups excluding carboxylic acids is 1. The van der Waals surface area contributed by atoms with E-state index < -0.39 is 5.82 Å². The smallest absolute Gasteiger partial charge is 0.227 e.